The molecule has 1 amide bonds. The van der Waals surface area contributed by atoms with Gasteiger partial charge in [0.05, 0.1) is 11.7 Å². The van der Waals surface area contributed by atoms with Crippen molar-refractivity contribution in [3.8, 4) is 0 Å². The molecule has 1 unspecified atom stereocenters. The predicted octanol–water partition coefficient (Wildman–Crippen LogP) is 2.01. The van der Waals surface area contributed by atoms with Gasteiger partial charge in [0, 0.05) is 6.54 Å². The number of aromatic nitrogens is 3. The summed E-state index contributed by atoms with van der Waals surface area (Å²) in [7, 11) is 0. The average molecular weight is 274 g/mol. The van der Waals surface area contributed by atoms with E-state index in [1.54, 1.807) is 17.9 Å². The molecule has 1 aliphatic rings. The normalized spacial score (nSPS) is 17.9. The van der Waals surface area contributed by atoms with Gasteiger partial charge in [0.2, 0.25) is 0 Å². The second-order valence-corrected chi connectivity index (χ2v) is 5.03. The number of hydrogen-bond donors (Lipinski definition) is 1. The van der Waals surface area contributed by atoms with Crippen LogP contribution in [0.25, 0.3) is 0 Å². The van der Waals surface area contributed by atoms with Gasteiger partial charge >= 0.3 is 0 Å². The van der Waals surface area contributed by atoms with Crippen LogP contribution in [0, 0.1) is 12.7 Å². The summed E-state index contributed by atoms with van der Waals surface area (Å²) in [5.74, 6) is -0.443. The molecule has 0 saturated carbocycles. The van der Waals surface area contributed by atoms with Crippen LogP contribution in [0.2, 0.25) is 0 Å². The van der Waals surface area contributed by atoms with E-state index in [9.17, 15) is 9.18 Å². The molecule has 5 nitrogen and oxygen atoms in total. The molecule has 2 heterocycles. The molecular formula is C14H15FN4O. The second kappa shape index (κ2) is 4.70. The molecule has 0 spiro atoms. The van der Waals surface area contributed by atoms with Crippen molar-refractivity contribution in [2.45, 2.75) is 26.3 Å². The number of halogens is 1. The van der Waals surface area contributed by atoms with Crippen molar-refractivity contribution in [3.63, 3.8) is 0 Å². The van der Waals surface area contributed by atoms with Gasteiger partial charge in [-0.25, -0.2) is 4.39 Å². The molecule has 0 bridgehead atoms. The molecule has 104 valence electrons. The monoisotopic (exact) mass is 274 g/mol. The van der Waals surface area contributed by atoms with Crippen molar-refractivity contribution in [1.82, 2.24) is 20.3 Å². The summed E-state index contributed by atoms with van der Waals surface area (Å²) in [6.45, 7) is 4.24. The Morgan fingerprint density at radius 1 is 1.45 bits per heavy atom. The highest BCUT2D eigenvalue weighted by molar-refractivity contribution is 5.93. The Balaban J connectivity index is 1.94. The highest BCUT2D eigenvalue weighted by Gasteiger charge is 2.30. The van der Waals surface area contributed by atoms with E-state index < -0.39 is 0 Å². The van der Waals surface area contributed by atoms with Crippen molar-refractivity contribution in [2.75, 3.05) is 6.54 Å². The minimum Gasteiger partial charge on any atom is -0.330 e. The minimum absolute atomic E-state index is 0.168. The van der Waals surface area contributed by atoms with Crippen molar-refractivity contribution < 1.29 is 9.18 Å². The maximum atomic E-state index is 13.4. The number of H-pyrrole nitrogens is 1. The number of aryl methyl sites for hydroxylation is 1. The number of amides is 1. The largest absolute Gasteiger partial charge is 0.330 e. The first-order chi connectivity index (χ1) is 9.58. The Labute approximate surface area is 115 Å². The van der Waals surface area contributed by atoms with E-state index >= 15 is 0 Å². The predicted molar refractivity (Wildman–Crippen MR) is 70.7 cm³/mol. The fourth-order valence-corrected chi connectivity index (χ4v) is 2.68. The summed E-state index contributed by atoms with van der Waals surface area (Å²) >= 11 is 0. The molecule has 1 N–H and O–H groups in total. The maximum Gasteiger partial charge on any atom is 0.276 e. The maximum absolute atomic E-state index is 13.4. The van der Waals surface area contributed by atoms with Crippen LogP contribution in [0.15, 0.2) is 18.2 Å². The first-order valence-corrected chi connectivity index (χ1v) is 6.54. The van der Waals surface area contributed by atoms with Crippen LogP contribution in [0.5, 0.6) is 0 Å². The summed E-state index contributed by atoms with van der Waals surface area (Å²) in [6.07, 6.45) is 0.725. The van der Waals surface area contributed by atoms with Gasteiger partial charge < -0.3 is 4.90 Å². The van der Waals surface area contributed by atoms with E-state index in [-0.39, 0.29) is 17.8 Å². The lowest BCUT2D eigenvalue weighted by Crippen LogP contribution is -2.39. The molecule has 3 rings (SSSR count). The van der Waals surface area contributed by atoms with Gasteiger partial charge in [-0.2, -0.15) is 15.4 Å². The van der Waals surface area contributed by atoms with Crippen molar-refractivity contribution >= 4 is 5.91 Å². The number of aromatic amines is 1. The fourth-order valence-electron chi connectivity index (χ4n) is 2.68. The Morgan fingerprint density at radius 2 is 2.25 bits per heavy atom. The van der Waals surface area contributed by atoms with Gasteiger partial charge in [-0.05, 0) is 43.5 Å². The Hall–Kier alpha value is -2.24. The molecule has 0 aliphatic carbocycles. The average Bonchev–Trinajstić information content (AvgIpc) is 2.85. The smallest absolute Gasteiger partial charge is 0.276 e. The minimum atomic E-state index is -0.275. The summed E-state index contributed by atoms with van der Waals surface area (Å²) in [5.41, 5.74) is 2.87. The number of fused-ring (bicyclic) bond motifs is 1. The molecule has 1 aliphatic heterocycles. The lowest BCUT2D eigenvalue weighted by molar-refractivity contribution is 0.0670. The lowest BCUT2D eigenvalue weighted by atomic mass is 9.93. The highest BCUT2D eigenvalue weighted by atomic mass is 19.1. The first kappa shape index (κ1) is 12.8. The Kier molecular flexibility index (Phi) is 3.00. The zero-order chi connectivity index (χ0) is 14.3. The number of nitrogens with zero attached hydrogens (tertiary/aromatic N) is 3. The third kappa shape index (κ3) is 1.97. The Bertz CT molecular complexity index is 667. The highest BCUT2D eigenvalue weighted by Crippen LogP contribution is 2.30. The summed E-state index contributed by atoms with van der Waals surface area (Å²) < 4.78 is 13.4. The molecule has 20 heavy (non-hydrogen) atoms. The SMILES string of the molecule is Cc1n[nH]nc1C(=O)N1CCc2ccc(F)cc2C1C. The van der Waals surface area contributed by atoms with Crippen molar-refractivity contribution in [3.05, 3.63) is 46.5 Å². The molecular weight excluding hydrogens is 259 g/mol. The van der Waals surface area contributed by atoms with E-state index in [4.69, 9.17) is 0 Å². The van der Waals surface area contributed by atoms with Gasteiger partial charge in [0.25, 0.3) is 5.91 Å². The molecule has 0 fully saturated rings. The standard InChI is InChI=1S/C14H15FN4O/c1-8-13(17-18-16-8)14(20)19-6-5-10-3-4-11(15)7-12(10)9(19)2/h3-4,7,9H,5-6H2,1-2H3,(H,16,17,18). The second-order valence-electron chi connectivity index (χ2n) is 5.03. The molecule has 1 aromatic carbocycles. The van der Waals surface area contributed by atoms with Crippen LogP contribution < -0.4 is 0 Å². The zero-order valence-electron chi connectivity index (χ0n) is 11.4. The number of benzene rings is 1. The first-order valence-electron chi connectivity index (χ1n) is 6.54. The van der Waals surface area contributed by atoms with Gasteiger partial charge in [-0.1, -0.05) is 6.07 Å². The number of hydrogen-bond acceptors (Lipinski definition) is 3. The molecule has 2 aromatic rings. The molecule has 1 aromatic heterocycles. The van der Waals surface area contributed by atoms with Crippen LogP contribution >= 0.6 is 0 Å². The van der Waals surface area contributed by atoms with E-state index in [0.29, 0.717) is 17.9 Å². The zero-order valence-corrected chi connectivity index (χ0v) is 11.4. The van der Waals surface area contributed by atoms with Gasteiger partial charge in [0.1, 0.15) is 5.82 Å². The van der Waals surface area contributed by atoms with E-state index in [2.05, 4.69) is 15.4 Å². The van der Waals surface area contributed by atoms with Crippen molar-refractivity contribution in [2.24, 2.45) is 0 Å². The summed E-state index contributed by atoms with van der Waals surface area (Å²) in [6, 6.07) is 4.60. The third-order valence-corrected chi connectivity index (χ3v) is 3.83. The summed E-state index contributed by atoms with van der Waals surface area (Å²) in [5, 5.41) is 10.2. The van der Waals surface area contributed by atoms with Crippen LogP contribution in [0.1, 0.15) is 40.3 Å². The third-order valence-electron chi connectivity index (χ3n) is 3.83. The van der Waals surface area contributed by atoms with Crippen LogP contribution in [-0.4, -0.2) is 32.8 Å². The number of carbonyl (C=O) groups excluding carboxylic acids is 1. The number of rotatable bonds is 1. The van der Waals surface area contributed by atoms with Crippen molar-refractivity contribution in [1.29, 1.82) is 0 Å². The Morgan fingerprint density at radius 3 is 2.95 bits per heavy atom. The number of carbonyl (C=O) groups is 1. The molecule has 6 heteroatoms. The quantitative estimate of drug-likeness (QED) is 0.865. The lowest BCUT2D eigenvalue weighted by Gasteiger charge is -2.34. The fraction of sp³-hybridized carbons (Fsp3) is 0.357. The van der Waals surface area contributed by atoms with E-state index in [0.717, 1.165) is 17.5 Å². The van der Waals surface area contributed by atoms with E-state index in [1.807, 2.05) is 6.92 Å². The summed E-state index contributed by atoms with van der Waals surface area (Å²) in [4.78, 5) is 14.2. The molecule has 0 radical (unpaired) electrons. The topological polar surface area (TPSA) is 61.9 Å². The van der Waals surface area contributed by atoms with Gasteiger partial charge in [-0.3, -0.25) is 4.79 Å². The van der Waals surface area contributed by atoms with Gasteiger partial charge in [-0.15, -0.1) is 0 Å². The van der Waals surface area contributed by atoms with Crippen LogP contribution in [0.3, 0.4) is 0 Å². The molecule has 0 saturated heterocycles. The van der Waals surface area contributed by atoms with Crippen LogP contribution in [-0.2, 0) is 6.42 Å². The van der Waals surface area contributed by atoms with E-state index in [1.165, 1.54) is 12.1 Å². The number of nitrogens with one attached hydrogen (secondary N) is 1. The molecule has 1 atom stereocenters. The van der Waals surface area contributed by atoms with Gasteiger partial charge in [0.15, 0.2) is 5.69 Å². The van der Waals surface area contributed by atoms with Crippen LogP contribution in [0.4, 0.5) is 4.39 Å².